The van der Waals surface area contributed by atoms with Gasteiger partial charge < -0.3 is 10.6 Å². The standard InChI is InChI=1S/C21H32N6/c1-3-22-21(24-14-20-15-25-26(2)16-20)23-13-18-7-9-19(10-8-18)17-27-11-5-4-6-12-27/h7-10,15-16H,3-6,11-14,17H2,1-2H3,(H2,22,23,24). The second-order valence-corrected chi connectivity index (χ2v) is 7.22. The van der Waals surface area contributed by atoms with Crippen LogP contribution in [0.5, 0.6) is 0 Å². The van der Waals surface area contributed by atoms with Crippen LogP contribution >= 0.6 is 0 Å². The number of aliphatic imine (C=N–C) groups is 1. The highest BCUT2D eigenvalue weighted by Gasteiger charge is 2.10. The van der Waals surface area contributed by atoms with Gasteiger partial charge in [0.05, 0.1) is 12.7 Å². The molecule has 0 saturated carbocycles. The van der Waals surface area contributed by atoms with E-state index in [0.717, 1.165) is 31.2 Å². The number of likely N-dealkylation sites (tertiary alicyclic amines) is 1. The van der Waals surface area contributed by atoms with E-state index in [1.807, 2.05) is 19.4 Å². The SMILES string of the molecule is CCNC(=NCc1cnn(C)c1)NCc1ccc(CN2CCCCC2)cc1. The van der Waals surface area contributed by atoms with Gasteiger partial charge in [0.25, 0.3) is 0 Å². The lowest BCUT2D eigenvalue weighted by Gasteiger charge is -2.26. The predicted octanol–water partition coefficient (Wildman–Crippen LogP) is 2.66. The molecule has 1 aliphatic heterocycles. The number of rotatable bonds is 7. The van der Waals surface area contributed by atoms with Gasteiger partial charge in [-0.25, -0.2) is 4.99 Å². The Bertz CT molecular complexity index is 713. The van der Waals surface area contributed by atoms with E-state index in [1.165, 1.54) is 43.5 Å². The van der Waals surface area contributed by atoms with E-state index in [1.54, 1.807) is 4.68 Å². The largest absolute Gasteiger partial charge is 0.357 e. The zero-order valence-electron chi connectivity index (χ0n) is 16.6. The molecule has 146 valence electrons. The van der Waals surface area contributed by atoms with E-state index >= 15 is 0 Å². The van der Waals surface area contributed by atoms with Crippen molar-refractivity contribution in [2.24, 2.45) is 12.0 Å². The number of nitrogens with one attached hydrogen (secondary N) is 2. The van der Waals surface area contributed by atoms with Gasteiger partial charge in [0.15, 0.2) is 5.96 Å². The van der Waals surface area contributed by atoms with Gasteiger partial charge >= 0.3 is 0 Å². The van der Waals surface area contributed by atoms with Gasteiger partial charge in [-0.2, -0.15) is 5.10 Å². The first kappa shape index (κ1) is 19.4. The predicted molar refractivity (Wildman–Crippen MR) is 110 cm³/mol. The first-order chi connectivity index (χ1) is 13.2. The van der Waals surface area contributed by atoms with Crippen molar-refractivity contribution in [2.45, 2.75) is 45.8 Å². The molecule has 27 heavy (non-hydrogen) atoms. The topological polar surface area (TPSA) is 57.5 Å². The molecule has 3 rings (SSSR count). The van der Waals surface area contributed by atoms with Crippen molar-refractivity contribution in [1.29, 1.82) is 0 Å². The molecular formula is C21H32N6. The molecule has 2 aromatic rings. The second kappa shape index (κ2) is 10.1. The van der Waals surface area contributed by atoms with E-state index < -0.39 is 0 Å². The van der Waals surface area contributed by atoms with Gasteiger partial charge in [-0.1, -0.05) is 30.7 Å². The molecular weight excluding hydrogens is 336 g/mol. The van der Waals surface area contributed by atoms with Gasteiger partial charge in [0, 0.05) is 38.4 Å². The molecule has 0 radical (unpaired) electrons. The molecule has 2 heterocycles. The van der Waals surface area contributed by atoms with Crippen LogP contribution in [0.4, 0.5) is 0 Å². The maximum absolute atomic E-state index is 4.64. The third kappa shape index (κ3) is 6.40. The lowest BCUT2D eigenvalue weighted by atomic mass is 10.1. The molecule has 0 atom stereocenters. The van der Waals surface area contributed by atoms with Crippen molar-refractivity contribution in [3.8, 4) is 0 Å². The first-order valence-corrected chi connectivity index (χ1v) is 10.0. The fourth-order valence-electron chi connectivity index (χ4n) is 3.39. The number of aryl methyl sites for hydroxylation is 1. The molecule has 1 saturated heterocycles. The molecule has 6 heteroatoms. The number of benzene rings is 1. The Morgan fingerprint density at radius 1 is 1.04 bits per heavy atom. The zero-order chi connectivity index (χ0) is 18.9. The van der Waals surface area contributed by atoms with Crippen molar-refractivity contribution in [3.63, 3.8) is 0 Å². The lowest BCUT2D eigenvalue weighted by molar-refractivity contribution is 0.221. The van der Waals surface area contributed by atoms with Crippen molar-refractivity contribution >= 4 is 5.96 Å². The molecule has 2 N–H and O–H groups in total. The molecule has 0 unspecified atom stereocenters. The minimum atomic E-state index is 0.623. The van der Waals surface area contributed by atoms with Crippen molar-refractivity contribution in [1.82, 2.24) is 25.3 Å². The third-order valence-electron chi connectivity index (χ3n) is 4.86. The molecule has 6 nitrogen and oxygen atoms in total. The molecule has 1 aromatic heterocycles. The number of hydrogen-bond acceptors (Lipinski definition) is 3. The second-order valence-electron chi connectivity index (χ2n) is 7.22. The molecule has 0 aliphatic carbocycles. The van der Waals surface area contributed by atoms with Crippen LogP contribution in [0.1, 0.15) is 42.9 Å². The molecule has 1 aliphatic rings. The Labute approximate surface area is 162 Å². The highest BCUT2D eigenvalue weighted by atomic mass is 15.2. The summed E-state index contributed by atoms with van der Waals surface area (Å²) in [5.41, 5.74) is 3.78. The molecule has 0 amide bonds. The number of guanidine groups is 1. The summed E-state index contributed by atoms with van der Waals surface area (Å²) in [6, 6.07) is 8.95. The van der Waals surface area contributed by atoms with Crippen LogP contribution in [0.2, 0.25) is 0 Å². The number of hydrogen-bond donors (Lipinski definition) is 2. The number of piperidine rings is 1. The van der Waals surface area contributed by atoms with Gasteiger partial charge in [0.1, 0.15) is 0 Å². The summed E-state index contributed by atoms with van der Waals surface area (Å²) in [4.78, 5) is 7.20. The molecule has 1 fully saturated rings. The summed E-state index contributed by atoms with van der Waals surface area (Å²) < 4.78 is 1.80. The highest BCUT2D eigenvalue weighted by Crippen LogP contribution is 2.13. The summed E-state index contributed by atoms with van der Waals surface area (Å²) in [6.45, 7) is 7.86. The lowest BCUT2D eigenvalue weighted by Crippen LogP contribution is -2.36. The van der Waals surface area contributed by atoms with E-state index in [4.69, 9.17) is 0 Å². The smallest absolute Gasteiger partial charge is 0.191 e. The van der Waals surface area contributed by atoms with Crippen LogP contribution in [0.25, 0.3) is 0 Å². The van der Waals surface area contributed by atoms with E-state index in [9.17, 15) is 0 Å². The van der Waals surface area contributed by atoms with Crippen LogP contribution in [-0.2, 0) is 26.7 Å². The fourth-order valence-corrected chi connectivity index (χ4v) is 3.39. The molecule has 0 bridgehead atoms. The fraction of sp³-hybridized carbons (Fsp3) is 0.524. The van der Waals surface area contributed by atoms with Crippen molar-refractivity contribution in [2.75, 3.05) is 19.6 Å². The summed E-state index contributed by atoms with van der Waals surface area (Å²) in [7, 11) is 1.92. The highest BCUT2D eigenvalue weighted by molar-refractivity contribution is 5.79. The maximum atomic E-state index is 4.64. The minimum Gasteiger partial charge on any atom is -0.357 e. The third-order valence-corrected chi connectivity index (χ3v) is 4.86. The van der Waals surface area contributed by atoms with Gasteiger partial charge in [0.2, 0.25) is 0 Å². The Balaban J connectivity index is 1.50. The number of nitrogens with zero attached hydrogens (tertiary/aromatic N) is 4. The molecule has 0 spiro atoms. The average molecular weight is 369 g/mol. The Hall–Kier alpha value is -2.34. The maximum Gasteiger partial charge on any atom is 0.191 e. The van der Waals surface area contributed by atoms with Crippen LogP contribution in [0.3, 0.4) is 0 Å². The van der Waals surface area contributed by atoms with Crippen molar-refractivity contribution in [3.05, 3.63) is 53.3 Å². The molecule has 1 aromatic carbocycles. The van der Waals surface area contributed by atoms with Crippen LogP contribution in [0.15, 0.2) is 41.7 Å². The quantitative estimate of drug-likeness (QED) is 0.583. The zero-order valence-corrected chi connectivity index (χ0v) is 16.6. The minimum absolute atomic E-state index is 0.623. The van der Waals surface area contributed by atoms with E-state index in [-0.39, 0.29) is 0 Å². The Morgan fingerprint density at radius 2 is 1.78 bits per heavy atom. The van der Waals surface area contributed by atoms with Gasteiger partial charge in [-0.05, 0) is 44.0 Å². The number of aromatic nitrogens is 2. The van der Waals surface area contributed by atoms with Crippen LogP contribution in [0, 0.1) is 0 Å². The Kier molecular flexibility index (Phi) is 7.27. The van der Waals surface area contributed by atoms with Gasteiger partial charge in [-0.3, -0.25) is 9.58 Å². The van der Waals surface area contributed by atoms with Gasteiger partial charge in [-0.15, -0.1) is 0 Å². The summed E-state index contributed by atoms with van der Waals surface area (Å²) in [6.07, 6.45) is 7.92. The van der Waals surface area contributed by atoms with E-state index in [2.05, 4.69) is 56.8 Å². The Morgan fingerprint density at radius 3 is 2.44 bits per heavy atom. The van der Waals surface area contributed by atoms with Crippen LogP contribution < -0.4 is 10.6 Å². The first-order valence-electron chi connectivity index (χ1n) is 10.0. The van der Waals surface area contributed by atoms with Crippen molar-refractivity contribution < 1.29 is 0 Å². The van der Waals surface area contributed by atoms with Crippen LogP contribution in [-0.4, -0.2) is 40.3 Å². The summed E-state index contributed by atoms with van der Waals surface area (Å²) >= 11 is 0. The summed E-state index contributed by atoms with van der Waals surface area (Å²) in [5.74, 6) is 0.832. The monoisotopic (exact) mass is 368 g/mol. The summed E-state index contributed by atoms with van der Waals surface area (Å²) in [5, 5.41) is 10.9. The normalized spacial score (nSPS) is 15.7. The van der Waals surface area contributed by atoms with E-state index in [0.29, 0.717) is 6.54 Å². The average Bonchev–Trinajstić information content (AvgIpc) is 3.11.